The number of benzene rings is 1. The van der Waals surface area contributed by atoms with E-state index in [1.165, 1.54) is 44.2 Å². The summed E-state index contributed by atoms with van der Waals surface area (Å²) in [5, 5.41) is 3.74. The first-order chi connectivity index (χ1) is 10.7. The maximum atomic E-state index is 12.9. The van der Waals surface area contributed by atoms with Crippen molar-refractivity contribution in [1.29, 1.82) is 0 Å². The van der Waals surface area contributed by atoms with Gasteiger partial charge in [-0.05, 0) is 38.5 Å². The average Bonchev–Trinajstić information content (AvgIpc) is 2.91. The largest absolute Gasteiger partial charge is 0.338 e. The molecular weight excluding hydrogens is 323 g/mol. The van der Waals surface area contributed by atoms with Crippen molar-refractivity contribution in [2.24, 2.45) is 0 Å². The molecule has 0 fully saturated rings. The highest BCUT2D eigenvalue weighted by Gasteiger charge is 2.34. The fourth-order valence-electron chi connectivity index (χ4n) is 2.02. The predicted octanol–water partition coefficient (Wildman–Crippen LogP) is 2.63. The lowest BCUT2D eigenvalue weighted by Gasteiger charge is -2.18. The van der Waals surface area contributed by atoms with Crippen molar-refractivity contribution in [3.05, 3.63) is 47.4 Å². The normalized spacial score (nSPS) is 14.3. The van der Waals surface area contributed by atoms with Gasteiger partial charge < -0.3 is 4.52 Å². The Morgan fingerprint density at radius 2 is 1.87 bits per heavy atom. The van der Waals surface area contributed by atoms with E-state index in [1.54, 1.807) is 6.92 Å². The Hall–Kier alpha value is -2.22. The SMILES string of the molecule is Cc1cc(NC(=O)C(C)S(=O)(=O)C(C)c2ccc(F)cc2)on1. The highest BCUT2D eigenvalue weighted by Crippen LogP contribution is 2.26. The lowest BCUT2D eigenvalue weighted by molar-refractivity contribution is -0.115. The zero-order valence-corrected chi connectivity index (χ0v) is 13.7. The smallest absolute Gasteiger partial charge is 0.244 e. The van der Waals surface area contributed by atoms with Crippen LogP contribution >= 0.6 is 0 Å². The predicted molar refractivity (Wildman–Crippen MR) is 83.1 cm³/mol. The molecule has 0 aliphatic heterocycles. The molecule has 0 bridgehead atoms. The van der Waals surface area contributed by atoms with Crippen molar-refractivity contribution in [3.63, 3.8) is 0 Å². The molecule has 1 aromatic carbocycles. The van der Waals surface area contributed by atoms with E-state index < -0.39 is 32.1 Å². The van der Waals surface area contributed by atoms with Crippen LogP contribution in [0.25, 0.3) is 0 Å². The number of sulfone groups is 1. The van der Waals surface area contributed by atoms with Crippen molar-refractivity contribution in [3.8, 4) is 0 Å². The highest BCUT2D eigenvalue weighted by molar-refractivity contribution is 7.93. The van der Waals surface area contributed by atoms with Crippen LogP contribution in [0.1, 0.15) is 30.4 Å². The number of halogens is 1. The second-order valence-corrected chi connectivity index (χ2v) is 7.84. The number of aryl methyl sites for hydroxylation is 1. The number of nitrogens with one attached hydrogen (secondary N) is 1. The van der Waals surface area contributed by atoms with Crippen LogP contribution in [0, 0.1) is 12.7 Å². The molecule has 1 N–H and O–H groups in total. The number of carbonyl (C=O) groups excluding carboxylic acids is 1. The van der Waals surface area contributed by atoms with E-state index in [-0.39, 0.29) is 5.88 Å². The van der Waals surface area contributed by atoms with Gasteiger partial charge in [0.15, 0.2) is 9.84 Å². The van der Waals surface area contributed by atoms with E-state index in [9.17, 15) is 17.6 Å². The molecule has 2 atom stereocenters. The van der Waals surface area contributed by atoms with Gasteiger partial charge >= 0.3 is 0 Å². The molecule has 0 saturated carbocycles. The van der Waals surface area contributed by atoms with Crippen LogP contribution in [0.2, 0.25) is 0 Å². The summed E-state index contributed by atoms with van der Waals surface area (Å²) in [6.45, 7) is 4.44. The molecule has 0 aliphatic rings. The summed E-state index contributed by atoms with van der Waals surface area (Å²) in [7, 11) is -3.81. The molecule has 2 aromatic rings. The van der Waals surface area contributed by atoms with Crippen molar-refractivity contribution in [2.75, 3.05) is 5.32 Å². The monoisotopic (exact) mass is 340 g/mol. The zero-order valence-electron chi connectivity index (χ0n) is 12.9. The average molecular weight is 340 g/mol. The van der Waals surface area contributed by atoms with Gasteiger partial charge in [-0.3, -0.25) is 10.1 Å². The van der Waals surface area contributed by atoms with Crippen molar-refractivity contribution < 1.29 is 22.1 Å². The molecule has 0 spiro atoms. The quantitative estimate of drug-likeness (QED) is 0.904. The fourth-order valence-corrected chi connectivity index (χ4v) is 3.53. The molecule has 1 aromatic heterocycles. The van der Waals surface area contributed by atoms with Gasteiger partial charge in [-0.25, -0.2) is 12.8 Å². The first kappa shape index (κ1) is 17.1. The number of carbonyl (C=O) groups is 1. The zero-order chi connectivity index (χ0) is 17.2. The number of nitrogens with zero attached hydrogens (tertiary/aromatic N) is 1. The van der Waals surface area contributed by atoms with Gasteiger partial charge in [0.1, 0.15) is 11.1 Å². The van der Waals surface area contributed by atoms with E-state index in [0.29, 0.717) is 11.3 Å². The van der Waals surface area contributed by atoms with E-state index in [4.69, 9.17) is 4.52 Å². The van der Waals surface area contributed by atoms with Crippen LogP contribution < -0.4 is 5.32 Å². The van der Waals surface area contributed by atoms with Crippen LogP contribution in [-0.4, -0.2) is 24.7 Å². The molecule has 23 heavy (non-hydrogen) atoms. The minimum atomic E-state index is -3.81. The van der Waals surface area contributed by atoms with Gasteiger partial charge in [-0.15, -0.1) is 0 Å². The molecule has 124 valence electrons. The summed E-state index contributed by atoms with van der Waals surface area (Å²) < 4.78 is 42.9. The van der Waals surface area contributed by atoms with E-state index in [2.05, 4.69) is 10.5 Å². The molecule has 0 saturated heterocycles. The lowest BCUT2D eigenvalue weighted by Crippen LogP contribution is -2.34. The molecule has 8 heteroatoms. The Bertz CT molecular complexity index is 799. The van der Waals surface area contributed by atoms with Gasteiger partial charge in [0.25, 0.3) is 0 Å². The van der Waals surface area contributed by atoms with Crippen LogP contribution in [0.4, 0.5) is 10.3 Å². The third-order valence-corrected chi connectivity index (χ3v) is 6.03. The van der Waals surface area contributed by atoms with Crippen molar-refractivity contribution >= 4 is 21.6 Å². The molecule has 0 aliphatic carbocycles. The van der Waals surface area contributed by atoms with Gasteiger partial charge in [0, 0.05) is 6.07 Å². The van der Waals surface area contributed by atoms with Crippen LogP contribution in [0.3, 0.4) is 0 Å². The van der Waals surface area contributed by atoms with Crippen LogP contribution in [-0.2, 0) is 14.6 Å². The van der Waals surface area contributed by atoms with Gasteiger partial charge in [0.2, 0.25) is 11.8 Å². The second kappa shape index (κ2) is 6.49. The molecule has 1 heterocycles. The van der Waals surface area contributed by atoms with Crippen LogP contribution in [0.5, 0.6) is 0 Å². The molecule has 2 unspecified atom stereocenters. The third kappa shape index (κ3) is 3.76. The second-order valence-electron chi connectivity index (χ2n) is 5.25. The number of hydrogen-bond acceptors (Lipinski definition) is 5. The minimum Gasteiger partial charge on any atom is -0.338 e. The van der Waals surface area contributed by atoms with E-state index in [1.807, 2.05) is 0 Å². The topological polar surface area (TPSA) is 89.3 Å². The Morgan fingerprint density at radius 1 is 1.26 bits per heavy atom. The summed E-state index contributed by atoms with van der Waals surface area (Å²) in [4.78, 5) is 12.1. The number of hydrogen-bond donors (Lipinski definition) is 1. The number of anilines is 1. The van der Waals surface area contributed by atoms with Crippen molar-refractivity contribution in [2.45, 2.75) is 31.3 Å². The summed E-state index contributed by atoms with van der Waals surface area (Å²) in [5.74, 6) is -1.08. The summed E-state index contributed by atoms with van der Waals surface area (Å²) in [6, 6.07) is 6.64. The molecule has 6 nitrogen and oxygen atoms in total. The summed E-state index contributed by atoms with van der Waals surface area (Å²) >= 11 is 0. The highest BCUT2D eigenvalue weighted by atomic mass is 32.2. The molecule has 1 amide bonds. The fraction of sp³-hybridized carbons (Fsp3) is 0.333. The maximum Gasteiger partial charge on any atom is 0.244 e. The summed E-state index contributed by atoms with van der Waals surface area (Å²) in [6.07, 6.45) is 0. The van der Waals surface area contributed by atoms with E-state index in [0.717, 1.165) is 0 Å². The number of amides is 1. The number of aromatic nitrogens is 1. The minimum absolute atomic E-state index is 0.0870. The van der Waals surface area contributed by atoms with E-state index >= 15 is 0 Å². The van der Waals surface area contributed by atoms with Gasteiger partial charge in [-0.1, -0.05) is 17.3 Å². The Labute approximate surface area is 133 Å². The number of rotatable bonds is 5. The van der Waals surface area contributed by atoms with Crippen LogP contribution in [0.15, 0.2) is 34.9 Å². The maximum absolute atomic E-state index is 12.9. The first-order valence-electron chi connectivity index (χ1n) is 6.94. The Kier molecular flexibility index (Phi) is 4.84. The molecule has 0 radical (unpaired) electrons. The third-order valence-electron chi connectivity index (χ3n) is 3.57. The lowest BCUT2D eigenvalue weighted by atomic mass is 10.2. The standard InChI is InChI=1S/C15H17FN2O4S/c1-9-8-14(22-18-9)17-15(19)11(3)23(20,21)10(2)12-4-6-13(16)7-5-12/h4-8,10-11H,1-3H3,(H,17,19). The van der Waals surface area contributed by atoms with Crippen molar-refractivity contribution in [1.82, 2.24) is 5.16 Å². The van der Waals surface area contributed by atoms with Gasteiger partial charge in [0.05, 0.1) is 10.9 Å². The Morgan fingerprint density at radius 3 is 2.39 bits per heavy atom. The van der Waals surface area contributed by atoms with Gasteiger partial charge in [-0.2, -0.15) is 0 Å². The molecule has 2 rings (SSSR count). The first-order valence-corrected chi connectivity index (χ1v) is 8.55. The summed E-state index contributed by atoms with van der Waals surface area (Å²) in [5.41, 5.74) is 0.983. The molecular formula is C15H17FN2O4S. The Balaban J connectivity index is 2.16.